The molecule has 6 heteroatoms. The van der Waals surface area contributed by atoms with Crippen LogP contribution in [-0.2, 0) is 4.79 Å². The average molecular weight is 263 g/mol. The molecular weight excluding hydrogens is 250 g/mol. The van der Waals surface area contributed by atoms with Gasteiger partial charge in [0.1, 0.15) is 5.58 Å². The highest BCUT2D eigenvalue weighted by Gasteiger charge is 2.17. The highest BCUT2D eigenvalue weighted by molar-refractivity contribution is 5.96. The van der Waals surface area contributed by atoms with Gasteiger partial charge in [-0.05, 0) is 25.1 Å². The first-order valence-electron chi connectivity index (χ1n) is 5.66. The summed E-state index contributed by atoms with van der Waals surface area (Å²) in [5.74, 6) is -1.87. The molecule has 1 amide bonds. The Balaban J connectivity index is 2.11. The van der Waals surface area contributed by atoms with Crippen LogP contribution in [-0.4, -0.2) is 34.7 Å². The van der Waals surface area contributed by atoms with Crippen molar-refractivity contribution in [2.45, 2.75) is 13.0 Å². The molecule has 0 aliphatic heterocycles. The maximum absolute atomic E-state index is 11.7. The number of hydrogen-bond donors (Lipinski definition) is 3. The summed E-state index contributed by atoms with van der Waals surface area (Å²) in [7, 11) is 0. The molecule has 0 radical (unpaired) electrons. The van der Waals surface area contributed by atoms with E-state index in [2.05, 4.69) is 5.32 Å². The molecule has 19 heavy (non-hydrogen) atoms. The smallest absolute Gasteiger partial charge is 0.334 e. The molecule has 0 aliphatic carbocycles. The number of hydrogen-bond acceptors (Lipinski definition) is 4. The SMILES string of the molecule is Cc1ccc2oc(C(=O)NC[C@H](O)C(=O)O)cc2c1. The van der Waals surface area contributed by atoms with Crippen LogP contribution in [0, 0.1) is 6.92 Å². The molecule has 6 nitrogen and oxygen atoms in total. The molecule has 0 spiro atoms. The van der Waals surface area contributed by atoms with Gasteiger partial charge in [-0.15, -0.1) is 0 Å². The van der Waals surface area contributed by atoms with Crippen molar-refractivity contribution in [1.82, 2.24) is 5.32 Å². The second kappa shape index (κ2) is 5.11. The Morgan fingerprint density at radius 1 is 1.37 bits per heavy atom. The second-order valence-electron chi connectivity index (χ2n) is 4.22. The van der Waals surface area contributed by atoms with Crippen molar-refractivity contribution < 1.29 is 24.2 Å². The number of aliphatic carboxylic acids is 1. The molecule has 2 rings (SSSR count). The van der Waals surface area contributed by atoms with Gasteiger partial charge < -0.3 is 19.9 Å². The normalized spacial score (nSPS) is 12.3. The van der Waals surface area contributed by atoms with E-state index in [0.717, 1.165) is 10.9 Å². The number of carboxylic acid groups (broad SMARTS) is 1. The number of carbonyl (C=O) groups is 2. The Morgan fingerprint density at radius 3 is 2.79 bits per heavy atom. The Kier molecular flexibility index (Phi) is 3.52. The Hall–Kier alpha value is -2.34. The third-order valence-corrected chi connectivity index (χ3v) is 2.64. The first kappa shape index (κ1) is 13.1. The monoisotopic (exact) mass is 263 g/mol. The first-order chi connectivity index (χ1) is 8.97. The summed E-state index contributed by atoms with van der Waals surface area (Å²) in [5, 5.41) is 20.6. The minimum absolute atomic E-state index is 0.0817. The molecule has 0 fully saturated rings. The van der Waals surface area contributed by atoms with Crippen molar-refractivity contribution in [2.24, 2.45) is 0 Å². The van der Waals surface area contributed by atoms with E-state index in [4.69, 9.17) is 14.6 Å². The maximum atomic E-state index is 11.7. The lowest BCUT2D eigenvalue weighted by Gasteiger charge is -2.05. The highest BCUT2D eigenvalue weighted by atomic mass is 16.4. The van der Waals surface area contributed by atoms with E-state index in [1.807, 2.05) is 19.1 Å². The van der Waals surface area contributed by atoms with E-state index in [0.29, 0.717) is 5.58 Å². The summed E-state index contributed by atoms with van der Waals surface area (Å²) < 4.78 is 5.34. The molecular formula is C13H13NO5. The topological polar surface area (TPSA) is 99.8 Å². The number of aliphatic hydroxyl groups excluding tert-OH is 1. The van der Waals surface area contributed by atoms with Crippen molar-refractivity contribution in [3.63, 3.8) is 0 Å². The van der Waals surface area contributed by atoms with Crippen LogP contribution < -0.4 is 5.32 Å². The number of nitrogens with one attached hydrogen (secondary N) is 1. The van der Waals surface area contributed by atoms with Gasteiger partial charge in [-0.2, -0.15) is 0 Å². The average Bonchev–Trinajstić information content (AvgIpc) is 2.78. The fourth-order valence-electron chi connectivity index (χ4n) is 1.64. The van der Waals surface area contributed by atoms with Gasteiger partial charge >= 0.3 is 5.97 Å². The lowest BCUT2D eigenvalue weighted by Crippen LogP contribution is -2.36. The van der Waals surface area contributed by atoms with Crippen molar-refractivity contribution >= 4 is 22.8 Å². The van der Waals surface area contributed by atoms with Crippen LogP contribution >= 0.6 is 0 Å². The van der Waals surface area contributed by atoms with Crippen LogP contribution in [0.4, 0.5) is 0 Å². The van der Waals surface area contributed by atoms with E-state index in [9.17, 15) is 9.59 Å². The molecule has 0 unspecified atom stereocenters. The molecule has 1 atom stereocenters. The second-order valence-corrected chi connectivity index (χ2v) is 4.22. The van der Waals surface area contributed by atoms with Crippen LogP contribution in [0.25, 0.3) is 11.0 Å². The first-order valence-corrected chi connectivity index (χ1v) is 5.66. The van der Waals surface area contributed by atoms with E-state index in [1.165, 1.54) is 0 Å². The van der Waals surface area contributed by atoms with E-state index in [-0.39, 0.29) is 12.3 Å². The Morgan fingerprint density at radius 2 is 2.11 bits per heavy atom. The summed E-state index contributed by atoms with van der Waals surface area (Å²) >= 11 is 0. The predicted octanol–water partition coefficient (Wildman–Crippen LogP) is 0.917. The van der Waals surface area contributed by atoms with Gasteiger partial charge in [0.2, 0.25) is 0 Å². The lowest BCUT2D eigenvalue weighted by atomic mass is 10.2. The minimum Gasteiger partial charge on any atom is -0.479 e. The number of carbonyl (C=O) groups excluding carboxylic acids is 1. The molecule has 1 aromatic carbocycles. The molecule has 100 valence electrons. The summed E-state index contributed by atoms with van der Waals surface area (Å²) in [5.41, 5.74) is 1.62. The third-order valence-electron chi connectivity index (χ3n) is 2.64. The number of amides is 1. The largest absolute Gasteiger partial charge is 0.479 e. The zero-order valence-electron chi connectivity index (χ0n) is 10.2. The zero-order valence-corrected chi connectivity index (χ0v) is 10.2. The quantitative estimate of drug-likeness (QED) is 0.761. The van der Waals surface area contributed by atoms with Crippen LogP contribution in [0.3, 0.4) is 0 Å². The van der Waals surface area contributed by atoms with E-state index in [1.54, 1.807) is 12.1 Å². The molecule has 2 aromatic rings. The minimum atomic E-state index is -1.63. The summed E-state index contributed by atoms with van der Waals surface area (Å²) in [6.45, 7) is 1.56. The standard InChI is InChI=1S/C13H13NO5/c1-7-2-3-10-8(4-7)5-11(19-10)12(16)14-6-9(15)13(17)18/h2-5,9,15H,6H2,1H3,(H,14,16)(H,17,18)/t9-/m0/s1. The van der Waals surface area contributed by atoms with E-state index < -0.39 is 18.0 Å². The Bertz CT molecular complexity index is 631. The van der Waals surface area contributed by atoms with Crippen molar-refractivity contribution in [3.8, 4) is 0 Å². The molecule has 1 heterocycles. The van der Waals surface area contributed by atoms with Crippen LogP contribution in [0.1, 0.15) is 16.1 Å². The van der Waals surface area contributed by atoms with Gasteiger partial charge in [-0.1, -0.05) is 11.6 Å². The van der Waals surface area contributed by atoms with Crippen molar-refractivity contribution in [3.05, 3.63) is 35.6 Å². The summed E-state index contributed by atoms with van der Waals surface area (Å²) in [6, 6.07) is 7.07. The van der Waals surface area contributed by atoms with Gasteiger partial charge in [0, 0.05) is 5.39 Å². The van der Waals surface area contributed by atoms with Crippen molar-refractivity contribution in [2.75, 3.05) is 6.54 Å². The molecule has 1 aromatic heterocycles. The third kappa shape index (κ3) is 2.92. The number of furan rings is 1. The summed E-state index contributed by atoms with van der Waals surface area (Å²) in [4.78, 5) is 22.1. The maximum Gasteiger partial charge on any atom is 0.334 e. The molecule has 0 saturated heterocycles. The number of fused-ring (bicyclic) bond motifs is 1. The fourth-order valence-corrected chi connectivity index (χ4v) is 1.64. The highest BCUT2D eigenvalue weighted by Crippen LogP contribution is 2.20. The van der Waals surface area contributed by atoms with Gasteiger partial charge in [0.05, 0.1) is 6.54 Å². The Labute approximate surface area is 108 Å². The number of aliphatic hydroxyl groups is 1. The van der Waals surface area contributed by atoms with Crippen LogP contribution in [0.15, 0.2) is 28.7 Å². The van der Waals surface area contributed by atoms with Gasteiger partial charge in [-0.3, -0.25) is 4.79 Å². The molecule has 0 aliphatic rings. The molecule has 0 bridgehead atoms. The molecule has 3 N–H and O–H groups in total. The zero-order chi connectivity index (χ0) is 14.0. The number of benzene rings is 1. The number of carboxylic acids is 1. The fraction of sp³-hybridized carbons (Fsp3) is 0.231. The number of rotatable bonds is 4. The summed E-state index contributed by atoms with van der Waals surface area (Å²) in [6.07, 6.45) is -1.63. The van der Waals surface area contributed by atoms with Gasteiger partial charge in [0.15, 0.2) is 11.9 Å². The van der Waals surface area contributed by atoms with Crippen LogP contribution in [0.5, 0.6) is 0 Å². The van der Waals surface area contributed by atoms with E-state index >= 15 is 0 Å². The van der Waals surface area contributed by atoms with Crippen molar-refractivity contribution in [1.29, 1.82) is 0 Å². The number of aryl methyl sites for hydroxylation is 1. The predicted molar refractivity (Wildman–Crippen MR) is 66.9 cm³/mol. The van der Waals surface area contributed by atoms with Gasteiger partial charge in [-0.25, -0.2) is 4.79 Å². The molecule has 0 saturated carbocycles. The van der Waals surface area contributed by atoms with Crippen LogP contribution in [0.2, 0.25) is 0 Å². The lowest BCUT2D eigenvalue weighted by molar-refractivity contribution is -0.146. The van der Waals surface area contributed by atoms with Gasteiger partial charge in [0.25, 0.3) is 5.91 Å².